The Labute approximate surface area is 103 Å². The number of amides is 1. The van der Waals surface area contributed by atoms with E-state index in [2.05, 4.69) is 5.32 Å². The van der Waals surface area contributed by atoms with Crippen LogP contribution in [0.25, 0.3) is 0 Å². The van der Waals surface area contributed by atoms with Gasteiger partial charge in [0.15, 0.2) is 0 Å². The molecular formula is C12H24N2O3. The number of nitrogens with two attached hydrogens (primary N) is 1. The van der Waals surface area contributed by atoms with Crippen LogP contribution in [0.2, 0.25) is 0 Å². The topological polar surface area (TPSA) is 73.6 Å². The summed E-state index contributed by atoms with van der Waals surface area (Å²) in [6, 6.07) is 0. The highest BCUT2D eigenvalue weighted by Crippen LogP contribution is 2.42. The molecule has 1 fully saturated rings. The number of rotatable bonds is 8. The second-order valence-corrected chi connectivity index (χ2v) is 4.85. The van der Waals surface area contributed by atoms with E-state index in [0.717, 1.165) is 12.8 Å². The standard InChI is InChI=1S/C12H24N2O3/c1-16-8-10(17-2)7-14-11(15)6-12(9-13)4-3-5-12/h10H,3-9,13H2,1-2H3,(H,14,15). The lowest BCUT2D eigenvalue weighted by atomic mass is 9.66. The van der Waals surface area contributed by atoms with E-state index in [1.807, 2.05) is 0 Å². The zero-order chi connectivity index (χ0) is 12.7. The third kappa shape index (κ3) is 4.26. The van der Waals surface area contributed by atoms with E-state index in [0.29, 0.717) is 26.1 Å². The lowest BCUT2D eigenvalue weighted by molar-refractivity contribution is -0.125. The van der Waals surface area contributed by atoms with Crippen LogP contribution < -0.4 is 11.1 Å². The number of methoxy groups -OCH3 is 2. The smallest absolute Gasteiger partial charge is 0.220 e. The number of nitrogens with one attached hydrogen (secondary N) is 1. The molecule has 1 rings (SSSR count). The highest BCUT2D eigenvalue weighted by molar-refractivity contribution is 5.76. The summed E-state index contributed by atoms with van der Waals surface area (Å²) >= 11 is 0. The van der Waals surface area contributed by atoms with Gasteiger partial charge in [0.1, 0.15) is 0 Å². The molecule has 3 N–H and O–H groups in total. The van der Waals surface area contributed by atoms with E-state index < -0.39 is 0 Å². The zero-order valence-corrected chi connectivity index (χ0v) is 10.8. The van der Waals surface area contributed by atoms with Crippen molar-refractivity contribution in [3.05, 3.63) is 0 Å². The molecule has 0 aromatic heterocycles. The van der Waals surface area contributed by atoms with Gasteiger partial charge in [-0.05, 0) is 24.8 Å². The van der Waals surface area contributed by atoms with Crippen LogP contribution in [-0.4, -0.2) is 45.9 Å². The van der Waals surface area contributed by atoms with E-state index >= 15 is 0 Å². The Morgan fingerprint density at radius 2 is 2.18 bits per heavy atom. The normalized spacial score (nSPS) is 19.5. The number of hydrogen-bond acceptors (Lipinski definition) is 4. The Morgan fingerprint density at radius 1 is 1.47 bits per heavy atom. The number of ether oxygens (including phenoxy) is 2. The van der Waals surface area contributed by atoms with Gasteiger partial charge in [-0.1, -0.05) is 6.42 Å². The summed E-state index contributed by atoms with van der Waals surface area (Å²) in [5.74, 6) is 0.0632. The van der Waals surface area contributed by atoms with Crippen molar-refractivity contribution < 1.29 is 14.3 Å². The van der Waals surface area contributed by atoms with Crippen LogP contribution in [0.1, 0.15) is 25.7 Å². The molecule has 0 aromatic carbocycles. The van der Waals surface area contributed by atoms with Gasteiger partial charge < -0.3 is 20.5 Å². The predicted molar refractivity (Wildman–Crippen MR) is 65.6 cm³/mol. The van der Waals surface area contributed by atoms with Gasteiger partial charge in [-0.15, -0.1) is 0 Å². The lowest BCUT2D eigenvalue weighted by Crippen LogP contribution is -2.43. The second kappa shape index (κ2) is 6.93. The van der Waals surface area contributed by atoms with Gasteiger partial charge in [-0.2, -0.15) is 0 Å². The molecule has 0 saturated heterocycles. The van der Waals surface area contributed by atoms with Crippen LogP contribution in [0.4, 0.5) is 0 Å². The van der Waals surface area contributed by atoms with Crippen LogP contribution in [0.5, 0.6) is 0 Å². The molecule has 5 nitrogen and oxygen atoms in total. The first kappa shape index (κ1) is 14.4. The average molecular weight is 244 g/mol. The number of carbonyl (C=O) groups excluding carboxylic acids is 1. The van der Waals surface area contributed by atoms with Crippen LogP contribution in [0.15, 0.2) is 0 Å². The average Bonchev–Trinajstić information content (AvgIpc) is 2.29. The lowest BCUT2D eigenvalue weighted by Gasteiger charge is -2.40. The van der Waals surface area contributed by atoms with Gasteiger partial charge in [0.25, 0.3) is 0 Å². The highest BCUT2D eigenvalue weighted by atomic mass is 16.5. The zero-order valence-electron chi connectivity index (χ0n) is 10.8. The Bertz CT molecular complexity index is 236. The minimum Gasteiger partial charge on any atom is -0.382 e. The van der Waals surface area contributed by atoms with Gasteiger partial charge >= 0.3 is 0 Å². The van der Waals surface area contributed by atoms with Crippen LogP contribution in [-0.2, 0) is 14.3 Å². The van der Waals surface area contributed by atoms with Crippen molar-refractivity contribution in [2.24, 2.45) is 11.1 Å². The molecule has 1 atom stereocenters. The first-order valence-corrected chi connectivity index (χ1v) is 6.14. The fraction of sp³-hybridized carbons (Fsp3) is 0.917. The highest BCUT2D eigenvalue weighted by Gasteiger charge is 2.37. The molecule has 1 aliphatic rings. The number of hydrogen-bond donors (Lipinski definition) is 2. The maximum absolute atomic E-state index is 11.8. The third-order valence-corrected chi connectivity index (χ3v) is 3.60. The van der Waals surface area contributed by atoms with E-state index in [-0.39, 0.29) is 17.4 Å². The van der Waals surface area contributed by atoms with E-state index in [1.165, 1.54) is 6.42 Å². The monoisotopic (exact) mass is 244 g/mol. The van der Waals surface area contributed by atoms with E-state index in [9.17, 15) is 4.79 Å². The first-order valence-electron chi connectivity index (χ1n) is 6.14. The molecule has 0 spiro atoms. The molecule has 5 heteroatoms. The van der Waals surface area contributed by atoms with Crippen molar-refractivity contribution in [1.82, 2.24) is 5.32 Å². The SMILES string of the molecule is COCC(CNC(=O)CC1(CN)CCC1)OC. The summed E-state index contributed by atoms with van der Waals surface area (Å²) in [4.78, 5) is 11.8. The molecule has 100 valence electrons. The van der Waals surface area contributed by atoms with Gasteiger partial charge in [0.05, 0.1) is 12.7 Å². The summed E-state index contributed by atoms with van der Waals surface area (Å²) in [7, 11) is 3.23. The molecular weight excluding hydrogens is 220 g/mol. The Kier molecular flexibility index (Phi) is 5.88. The fourth-order valence-electron chi connectivity index (χ4n) is 2.16. The fourth-order valence-corrected chi connectivity index (χ4v) is 2.16. The Balaban J connectivity index is 2.24. The quantitative estimate of drug-likeness (QED) is 0.643. The Morgan fingerprint density at radius 3 is 2.59 bits per heavy atom. The molecule has 1 aliphatic carbocycles. The van der Waals surface area contributed by atoms with Crippen LogP contribution in [0, 0.1) is 5.41 Å². The minimum atomic E-state index is -0.0841. The predicted octanol–water partition coefficient (Wildman–Crippen LogP) is 0.283. The first-order chi connectivity index (χ1) is 8.15. The summed E-state index contributed by atoms with van der Waals surface area (Å²) in [5, 5.41) is 2.88. The van der Waals surface area contributed by atoms with Crippen molar-refractivity contribution in [3.8, 4) is 0 Å². The van der Waals surface area contributed by atoms with Crippen LogP contribution in [0.3, 0.4) is 0 Å². The van der Waals surface area contributed by atoms with Crippen molar-refractivity contribution in [2.45, 2.75) is 31.8 Å². The molecule has 1 amide bonds. The second-order valence-electron chi connectivity index (χ2n) is 4.85. The van der Waals surface area contributed by atoms with Gasteiger partial charge in [0, 0.05) is 27.2 Å². The molecule has 0 bridgehead atoms. The molecule has 1 saturated carbocycles. The number of carbonyl (C=O) groups is 1. The summed E-state index contributed by atoms with van der Waals surface area (Å²) in [6.07, 6.45) is 3.78. The van der Waals surface area contributed by atoms with Crippen molar-refractivity contribution >= 4 is 5.91 Å². The van der Waals surface area contributed by atoms with E-state index in [1.54, 1.807) is 14.2 Å². The van der Waals surface area contributed by atoms with Gasteiger partial charge in [-0.3, -0.25) is 4.79 Å². The maximum Gasteiger partial charge on any atom is 0.220 e. The van der Waals surface area contributed by atoms with Crippen molar-refractivity contribution in [3.63, 3.8) is 0 Å². The molecule has 1 unspecified atom stereocenters. The molecule has 0 heterocycles. The largest absolute Gasteiger partial charge is 0.382 e. The van der Waals surface area contributed by atoms with Gasteiger partial charge in [-0.25, -0.2) is 0 Å². The third-order valence-electron chi connectivity index (χ3n) is 3.60. The van der Waals surface area contributed by atoms with Crippen molar-refractivity contribution in [1.29, 1.82) is 0 Å². The summed E-state index contributed by atoms with van der Waals surface area (Å²) in [6.45, 7) is 1.58. The molecule has 17 heavy (non-hydrogen) atoms. The minimum absolute atomic E-state index is 0.0632. The van der Waals surface area contributed by atoms with Crippen LogP contribution >= 0.6 is 0 Å². The maximum atomic E-state index is 11.8. The molecule has 0 aliphatic heterocycles. The Hall–Kier alpha value is -0.650. The molecule has 0 radical (unpaired) electrons. The summed E-state index contributed by atoms with van der Waals surface area (Å²) in [5.41, 5.74) is 5.79. The van der Waals surface area contributed by atoms with E-state index in [4.69, 9.17) is 15.2 Å². The van der Waals surface area contributed by atoms with Crippen molar-refractivity contribution in [2.75, 3.05) is 33.9 Å². The summed E-state index contributed by atoms with van der Waals surface area (Å²) < 4.78 is 10.2. The molecule has 0 aromatic rings. The van der Waals surface area contributed by atoms with Gasteiger partial charge in [0.2, 0.25) is 5.91 Å².